The summed E-state index contributed by atoms with van der Waals surface area (Å²) < 4.78 is 0. The molecule has 0 amide bonds. The zero-order valence-electron chi connectivity index (χ0n) is 10.4. The van der Waals surface area contributed by atoms with Crippen molar-refractivity contribution >= 4 is 11.3 Å². The van der Waals surface area contributed by atoms with Crippen LogP contribution >= 0.6 is 11.3 Å². The van der Waals surface area contributed by atoms with Gasteiger partial charge in [-0.25, -0.2) is 0 Å². The van der Waals surface area contributed by atoms with Gasteiger partial charge in [-0.05, 0) is 30.7 Å². The summed E-state index contributed by atoms with van der Waals surface area (Å²) in [7, 11) is 0. The van der Waals surface area contributed by atoms with Crippen molar-refractivity contribution in [3.05, 3.63) is 22.4 Å². The van der Waals surface area contributed by atoms with Crippen molar-refractivity contribution in [1.82, 2.24) is 10.2 Å². The monoisotopic (exact) mass is 250 g/mol. The third-order valence-electron chi connectivity index (χ3n) is 4.23. The van der Waals surface area contributed by atoms with E-state index in [9.17, 15) is 0 Å². The topological polar surface area (TPSA) is 15.3 Å². The van der Waals surface area contributed by atoms with E-state index in [1.165, 1.54) is 56.6 Å². The smallest absolute Gasteiger partial charge is 0.0250 e. The zero-order chi connectivity index (χ0) is 11.5. The number of fused-ring (bicyclic) bond motifs is 1. The van der Waals surface area contributed by atoms with Gasteiger partial charge >= 0.3 is 0 Å². The first-order valence-corrected chi connectivity index (χ1v) is 7.81. The van der Waals surface area contributed by atoms with Gasteiger partial charge in [0.25, 0.3) is 0 Å². The fourth-order valence-electron chi connectivity index (χ4n) is 3.33. The van der Waals surface area contributed by atoms with Gasteiger partial charge in [-0.3, -0.25) is 4.90 Å². The molecule has 0 aromatic carbocycles. The molecule has 1 saturated heterocycles. The Bertz CT molecular complexity index is 334. The minimum Gasteiger partial charge on any atom is -0.311 e. The Morgan fingerprint density at radius 2 is 2.29 bits per heavy atom. The molecule has 1 N–H and O–H groups in total. The molecule has 1 aromatic rings. The number of hydrogen-bond acceptors (Lipinski definition) is 3. The molecule has 2 nitrogen and oxygen atoms in total. The van der Waals surface area contributed by atoms with Gasteiger partial charge in [0, 0.05) is 36.6 Å². The van der Waals surface area contributed by atoms with Crippen LogP contribution in [0.5, 0.6) is 0 Å². The largest absolute Gasteiger partial charge is 0.311 e. The molecule has 1 aliphatic carbocycles. The van der Waals surface area contributed by atoms with Gasteiger partial charge in [0.15, 0.2) is 0 Å². The molecule has 3 heteroatoms. The normalized spacial score (nSPS) is 30.1. The van der Waals surface area contributed by atoms with Gasteiger partial charge in [0.2, 0.25) is 0 Å². The summed E-state index contributed by atoms with van der Waals surface area (Å²) in [5.41, 5.74) is 0. The fraction of sp³-hybridized carbons (Fsp3) is 0.714. The first kappa shape index (κ1) is 11.7. The molecule has 0 bridgehead atoms. The van der Waals surface area contributed by atoms with E-state index in [0.29, 0.717) is 0 Å². The molecular weight excluding hydrogens is 228 g/mol. The highest BCUT2D eigenvalue weighted by Gasteiger charge is 2.32. The number of piperazine rings is 1. The maximum atomic E-state index is 3.71. The molecule has 0 radical (unpaired) electrons. The molecule has 1 saturated carbocycles. The van der Waals surface area contributed by atoms with Crippen LogP contribution in [0.15, 0.2) is 17.5 Å². The minimum atomic E-state index is 0.779. The van der Waals surface area contributed by atoms with E-state index in [-0.39, 0.29) is 0 Å². The third kappa shape index (κ3) is 2.72. The van der Waals surface area contributed by atoms with E-state index in [4.69, 9.17) is 0 Å². The highest BCUT2D eigenvalue weighted by Crippen LogP contribution is 2.25. The summed E-state index contributed by atoms with van der Waals surface area (Å²) in [4.78, 5) is 4.27. The maximum absolute atomic E-state index is 3.71. The zero-order valence-corrected chi connectivity index (χ0v) is 11.2. The van der Waals surface area contributed by atoms with Crippen molar-refractivity contribution in [1.29, 1.82) is 0 Å². The van der Waals surface area contributed by atoms with E-state index in [0.717, 1.165) is 12.1 Å². The summed E-state index contributed by atoms with van der Waals surface area (Å²) in [6.07, 6.45) is 6.88. The van der Waals surface area contributed by atoms with E-state index < -0.39 is 0 Å². The second-order valence-electron chi connectivity index (χ2n) is 5.28. The standard InChI is InChI=1S/C14H22N2S/c1-2-6-14-13(5-1)15-8-10-16(14)9-7-12-4-3-11-17-12/h3-4,11,13-15H,1-2,5-10H2/t13-,14+/m1/s1. The highest BCUT2D eigenvalue weighted by atomic mass is 32.1. The van der Waals surface area contributed by atoms with Crippen LogP contribution in [0.4, 0.5) is 0 Å². The average molecular weight is 250 g/mol. The molecule has 0 spiro atoms. The van der Waals surface area contributed by atoms with Gasteiger partial charge in [0.1, 0.15) is 0 Å². The quantitative estimate of drug-likeness (QED) is 0.887. The van der Waals surface area contributed by atoms with E-state index >= 15 is 0 Å². The van der Waals surface area contributed by atoms with Gasteiger partial charge in [-0.1, -0.05) is 18.9 Å². The minimum absolute atomic E-state index is 0.779. The van der Waals surface area contributed by atoms with Crippen LogP contribution in [-0.2, 0) is 6.42 Å². The lowest BCUT2D eigenvalue weighted by Crippen LogP contribution is -2.59. The van der Waals surface area contributed by atoms with Crippen LogP contribution in [0.2, 0.25) is 0 Å². The van der Waals surface area contributed by atoms with Crippen molar-refractivity contribution in [3.63, 3.8) is 0 Å². The maximum Gasteiger partial charge on any atom is 0.0250 e. The van der Waals surface area contributed by atoms with Crippen LogP contribution < -0.4 is 5.32 Å². The van der Waals surface area contributed by atoms with Crippen molar-refractivity contribution in [2.75, 3.05) is 19.6 Å². The third-order valence-corrected chi connectivity index (χ3v) is 5.17. The molecule has 2 atom stereocenters. The van der Waals surface area contributed by atoms with Crippen molar-refractivity contribution < 1.29 is 0 Å². The Morgan fingerprint density at radius 1 is 1.35 bits per heavy atom. The summed E-state index contributed by atoms with van der Waals surface area (Å²) in [5, 5.41) is 5.90. The van der Waals surface area contributed by atoms with E-state index in [1.807, 2.05) is 11.3 Å². The van der Waals surface area contributed by atoms with E-state index in [2.05, 4.69) is 27.7 Å². The summed E-state index contributed by atoms with van der Waals surface area (Å²) in [5.74, 6) is 0. The van der Waals surface area contributed by atoms with Gasteiger partial charge < -0.3 is 5.32 Å². The van der Waals surface area contributed by atoms with Crippen molar-refractivity contribution in [2.45, 2.75) is 44.2 Å². The Morgan fingerprint density at radius 3 is 3.18 bits per heavy atom. The van der Waals surface area contributed by atoms with Crippen LogP contribution in [0.3, 0.4) is 0 Å². The van der Waals surface area contributed by atoms with E-state index in [1.54, 1.807) is 0 Å². The van der Waals surface area contributed by atoms with Gasteiger partial charge in [-0.2, -0.15) is 0 Å². The molecule has 2 fully saturated rings. The number of thiophene rings is 1. The molecule has 2 heterocycles. The highest BCUT2D eigenvalue weighted by molar-refractivity contribution is 7.09. The molecule has 0 unspecified atom stereocenters. The van der Waals surface area contributed by atoms with Gasteiger partial charge in [0.05, 0.1) is 0 Å². The number of rotatable bonds is 3. The second kappa shape index (κ2) is 5.51. The summed E-state index contributed by atoms with van der Waals surface area (Å²) in [6, 6.07) is 6.03. The van der Waals surface area contributed by atoms with Crippen LogP contribution in [-0.4, -0.2) is 36.6 Å². The lowest BCUT2D eigenvalue weighted by atomic mass is 9.87. The average Bonchev–Trinajstić information content (AvgIpc) is 2.89. The van der Waals surface area contributed by atoms with Crippen LogP contribution in [0.25, 0.3) is 0 Å². The molecule has 94 valence electrons. The first-order chi connectivity index (χ1) is 8.43. The molecule has 3 rings (SSSR count). The summed E-state index contributed by atoms with van der Waals surface area (Å²) >= 11 is 1.90. The van der Waals surface area contributed by atoms with Gasteiger partial charge in [-0.15, -0.1) is 11.3 Å². The number of nitrogens with one attached hydrogen (secondary N) is 1. The predicted octanol–water partition coefficient (Wildman–Crippen LogP) is 2.51. The summed E-state index contributed by atoms with van der Waals surface area (Å²) in [6.45, 7) is 3.68. The van der Waals surface area contributed by atoms with Crippen molar-refractivity contribution in [3.8, 4) is 0 Å². The lowest BCUT2D eigenvalue weighted by Gasteiger charge is -2.44. The van der Waals surface area contributed by atoms with Crippen LogP contribution in [0.1, 0.15) is 30.6 Å². The Labute approximate surface area is 108 Å². The number of nitrogens with zero attached hydrogens (tertiary/aromatic N) is 1. The molecule has 2 aliphatic rings. The predicted molar refractivity (Wildman–Crippen MR) is 73.6 cm³/mol. The Kier molecular flexibility index (Phi) is 3.79. The lowest BCUT2D eigenvalue weighted by molar-refractivity contribution is 0.0895. The fourth-order valence-corrected chi connectivity index (χ4v) is 4.03. The second-order valence-corrected chi connectivity index (χ2v) is 6.31. The SMILES string of the molecule is c1csc(CCN2CCN[C@@H]3CCCC[C@@H]32)c1. The molecule has 1 aliphatic heterocycles. The Balaban J connectivity index is 1.57. The van der Waals surface area contributed by atoms with Crippen LogP contribution in [0, 0.1) is 0 Å². The Hall–Kier alpha value is -0.380. The number of hydrogen-bond donors (Lipinski definition) is 1. The van der Waals surface area contributed by atoms with Crippen molar-refractivity contribution in [2.24, 2.45) is 0 Å². The molecule has 17 heavy (non-hydrogen) atoms. The molecule has 1 aromatic heterocycles. The molecular formula is C14H22N2S. The first-order valence-electron chi connectivity index (χ1n) is 6.93.